The first-order chi connectivity index (χ1) is 12.6. The van der Waals surface area contributed by atoms with Crippen molar-refractivity contribution in [3.63, 3.8) is 0 Å². The summed E-state index contributed by atoms with van der Waals surface area (Å²) in [7, 11) is 0. The fraction of sp³-hybridized carbons (Fsp3) is 0.278. The molecule has 3 heterocycles. The topological polar surface area (TPSA) is 57.9 Å². The number of benzene rings is 1. The quantitative estimate of drug-likeness (QED) is 0.704. The molecule has 0 spiro atoms. The molecule has 0 bridgehead atoms. The lowest BCUT2D eigenvalue weighted by molar-refractivity contribution is 0.0626. The van der Waals surface area contributed by atoms with Crippen LogP contribution in [0.4, 0.5) is 4.39 Å². The normalized spacial score (nSPS) is 15.5. The largest absolute Gasteiger partial charge is 0.336 e. The van der Waals surface area contributed by atoms with Crippen molar-refractivity contribution >= 4 is 22.2 Å². The molecule has 2 aromatic heterocycles. The van der Waals surface area contributed by atoms with Crippen LogP contribution < -0.4 is 5.56 Å². The lowest BCUT2D eigenvalue weighted by atomic mass is 10.2. The van der Waals surface area contributed by atoms with Gasteiger partial charge in [-0.1, -0.05) is 12.1 Å². The molecule has 1 saturated heterocycles. The molecule has 1 aliphatic heterocycles. The molecule has 4 rings (SSSR count). The Balaban J connectivity index is 1.42. The van der Waals surface area contributed by atoms with E-state index >= 15 is 0 Å². The summed E-state index contributed by atoms with van der Waals surface area (Å²) in [6.45, 7) is 3.22. The predicted molar refractivity (Wildman–Crippen MR) is 96.9 cm³/mol. The Kier molecular flexibility index (Phi) is 4.52. The van der Waals surface area contributed by atoms with Crippen molar-refractivity contribution in [3.8, 4) is 0 Å². The maximum absolute atomic E-state index is 13.0. The smallest absolute Gasteiger partial charge is 0.271 e. The molecule has 1 fully saturated rings. The van der Waals surface area contributed by atoms with E-state index < -0.39 is 0 Å². The number of amides is 1. The van der Waals surface area contributed by atoms with Crippen LogP contribution >= 0.6 is 11.3 Å². The number of fused-ring (bicyclic) bond motifs is 1. The molecule has 0 atom stereocenters. The third kappa shape index (κ3) is 3.25. The zero-order valence-corrected chi connectivity index (χ0v) is 14.8. The second-order valence-electron chi connectivity index (χ2n) is 6.23. The first-order valence-corrected chi connectivity index (χ1v) is 9.21. The maximum atomic E-state index is 13.0. The molecule has 1 aliphatic rings. The standard InChI is InChI=1S/C18H17FN4O2S/c19-14-3-1-13(2-4-14)12-21-5-7-22(8-6-21)16(24)15-11-20-18-23(17(15)25)9-10-26-18/h1-4,9-11H,5-8,12H2. The lowest BCUT2D eigenvalue weighted by Gasteiger charge is -2.34. The number of halogens is 1. The minimum Gasteiger partial charge on any atom is -0.336 e. The number of thiazole rings is 1. The maximum Gasteiger partial charge on any atom is 0.271 e. The zero-order chi connectivity index (χ0) is 18.1. The molecule has 3 aromatic rings. The Morgan fingerprint density at radius 1 is 1.15 bits per heavy atom. The number of carbonyl (C=O) groups excluding carboxylic acids is 1. The second kappa shape index (κ2) is 6.97. The molecule has 0 aliphatic carbocycles. The minimum absolute atomic E-state index is 0.105. The number of hydrogen-bond acceptors (Lipinski definition) is 5. The Hall–Kier alpha value is -2.58. The van der Waals surface area contributed by atoms with Crippen LogP contribution in [0.3, 0.4) is 0 Å². The number of hydrogen-bond donors (Lipinski definition) is 0. The zero-order valence-electron chi connectivity index (χ0n) is 14.0. The van der Waals surface area contributed by atoms with E-state index in [1.165, 1.54) is 34.1 Å². The van der Waals surface area contributed by atoms with Gasteiger partial charge in [0.1, 0.15) is 11.4 Å². The number of piperazine rings is 1. The Morgan fingerprint density at radius 2 is 1.88 bits per heavy atom. The fourth-order valence-corrected chi connectivity index (χ4v) is 3.77. The van der Waals surface area contributed by atoms with Crippen molar-refractivity contribution in [1.82, 2.24) is 19.2 Å². The third-order valence-electron chi connectivity index (χ3n) is 4.55. The van der Waals surface area contributed by atoms with E-state index in [1.807, 2.05) is 0 Å². The average molecular weight is 372 g/mol. The summed E-state index contributed by atoms with van der Waals surface area (Å²) in [5.74, 6) is -0.517. The van der Waals surface area contributed by atoms with Crippen molar-refractivity contribution in [1.29, 1.82) is 0 Å². The van der Waals surface area contributed by atoms with Gasteiger partial charge in [-0.3, -0.25) is 18.9 Å². The second-order valence-corrected chi connectivity index (χ2v) is 7.10. The highest BCUT2D eigenvalue weighted by Crippen LogP contribution is 2.12. The van der Waals surface area contributed by atoms with Gasteiger partial charge in [0, 0.05) is 50.5 Å². The van der Waals surface area contributed by atoms with Crippen LogP contribution in [0.15, 0.2) is 46.8 Å². The number of aromatic nitrogens is 2. The molecule has 0 radical (unpaired) electrons. The number of rotatable bonds is 3. The van der Waals surface area contributed by atoms with Crippen LogP contribution in [0.2, 0.25) is 0 Å². The highest BCUT2D eigenvalue weighted by molar-refractivity contribution is 7.15. The highest BCUT2D eigenvalue weighted by atomic mass is 32.1. The van der Waals surface area contributed by atoms with Gasteiger partial charge in [0.05, 0.1) is 0 Å². The van der Waals surface area contributed by atoms with E-state index in [0.717, 1.165) is 5.56 Å². The molecule has 0 N–H and O–H groups in total. The van der Waals surface area contributed by atoms with Gasteiger partial charge in [-0.2, -0.15) is 0 Å². The summed E-state index contributed by atoms with van der Waals surface area (Å²) in [6.07, 6.45) is 3.01. The van der Waals surface area contributed by atoms with E-state index in [-0.39, 0.29) is 22.8 Å². The van der Waals surface area contributed by atoms with Crippen molar-refractivity contribution in [2.75, 3.05) is 26.2 Å². The predicted octanol–water partition coefficient (Wildman–Crippen LogP) is 1.85. The first-order valence-electron chi connectivity index (χ1n) is 8.33. The van der Waals surface area contributed by atoms with E-state index in [4.69, 9.17) is 0 Å². The lowest BCUT2D eigenvalue weighted by Crippen LogP contribution is -2.49. The van der Waals surface area contributed by atoms with Gasteiger partial charge in [-0.05, 0) is 17.7 Å². The van der Waals surface area contributed by atoms with Crippen LogP contribution in [0.25, 0.3) is 4.96 Å². The monoisotopic (exact) mass is 372 g/mol. The third-order valence-corrected chi connectivity index (χ3v) is 5.32. The van der Waals surface area contributed by atoms with Gasteiger partial charge < -0.3 is 4.90 Å². The van der Waals surface area contributed by atoms with Crippen molar-refractivity contribution in [3.05, 3.63) is 69.3 Å². The van der Waals surface area contributed by atoms with Crippen LogP contribution in [0, 0.1) is 5.82 Å². The van der Waals surface area contributed by atoms with Crippen LogP contribution in [-0.2, 0) is 6.54 Å². The summed E-state index contributed by atoms with van der Waals surface area (Å²) >= 11 is 1.36. The van der Waals surface area contributed by atoms with Crippen LogP contribution in [-0.4, -0.2) is 51.3 Å². The van der Waals surface area contributed by atoms with E-state index in [9.17, 15) is 14.0 Å². The van der Waals surface area contributed by atoms with Gasteiger partial charge in [-0.25, -0.2) is 9.37 Å². The molecule has 26 heavy (non-hydrogen) atoms. The summed E-state index contributed by atoms with van der Waals surface area (Å²) in [5, 5.41) is 1.77. The Labute approximate surface area is 153 Å². The average Bonchev–Trinajstić information content (AvgIpc) is 3.14. The van der Waals surface area contributed by atoms with Gasteiger partial charge in [0.15, 0.2) is 4.96 Å². The van der Waals surface area contributed by atoms with E-state index in [1.54, 1.807) is 28.6 Å². The number of nitrogens with zero attached hydrogens (tertiary/aromatic N) is 4. The van der Waals surface area contributed by atoms with Gasteiger partial charge in [0.25, 0.3) is 11.5 Å². The van der Waals surface area contributed by atoms with Gasteiger partial charge in [0.2, 0.25) is 0 Å². The molecular weight excluding hydrogens is 355 g/mol. The van der Waals surface area contributed by atoms with Crippen LogP contribution in [0.1, 0.15) is 15.9 Å². The summed E-state index contributed by atoms with van der Waals surface area (Å²) in [6, 6.07) is 6.46. The SMILES string of the molecule is O=C(c1cnc2sccn2c1=O)N1CCN(Cc2ccc(F)cc2)CC1. The molecule has 6 nitrogen and oxygen atoms in total. The molecule has 0 saturated carbocycles. The molecule has 134 valence electrons. The fourth-order valence-electron chi connectivity index (χ4n) is 3.10. The van der Waals surface area contributed by atoms with Crippen molar-refractivity contribution in [2.45, 2.75) is 6.54 Å². The van der Waals surface area contributed by atoms with Crippen molar-refractivity contribution in [2.24, 2.45) is 0 Å². The molecule has 0 unspecified atom stereocenters. The molecule has 8 heteroatoms. The van der Waals surface area contributed by atoms with Gasteiger partial charge in [-0.15, -0.1) is 11.3 Å². The highest BCUT2D eigenvalue weighted by Gasteiger charge is 2.24. The van der Waals surface area contributed by atoms with Gasteiger partial charge >= 0.3 is 0 Å². The van der Waals surface area contributed by atoms with E-state index in [0.29, 0.717) is 37.7 Å². The van der Waals surface area contributed by atoms with E-state index in [2.05, 4.69) is 9.88 Å². The summed E-state index contributed by atoms with van der Waals surface area (Å²) < 4.78 is 14.4. The first kappa shape index (κ1) is 16.9. The minimum atomic E-state index is -0.324. The molecule has 1 aromatic carbocycles. The Morgan fingerprint density at radius 3 is 2.62 bits per heavy atom. The molecule has 1 amide bonds. The Bertz CT molecular complexity index is 990. The molecular formula is C18H17FN4O2S. The summed E-state index contributed by atoms with van der Waals surface area (Å²) in [5.41, 5.74) is 0.819. The summed E-state index contributed by atoms with van der Waals surface area (Å²) in [4.78, 5) is 33.8. The van der Waals surface area contributed by atoms with Crippen molar-refractivity contribution < 1.29 is 9.18 Å². The number of carbonyl (C=O) groups is 1. The van der Waals surface area contributed by atoms with Crippen LogP contribution in [0.5, 0.6) is 0 Å².